The third-order valence-corrected chi connectivity index (χ3v) is 4.19. The lowest BCUT2D eigenvalue weighted by Gasteiger charge is -2.14. The Kier molecular flexibility index (Phi) is 3.71. The molecule has 1 aliphatic carbocycles. The van der Waals surface area contributed by atoms with E-state index in [1.165, 1.54) is 40.9 Å². The predicted octanol–water partition coefficient (Wildman–Crippen LogP) is 4.01. The number of nitrogens with zero attached hydrogens (tertiary/aromatic N) is 2. The van der Waals surface area contributed by atoms with Gasteiger partial charge in [-0.2, -0.15) is 4.98 Å². The van der Waals surface area contributed by atoms with E-state index in [1.54, 1.807) is 6.07 Å². The molecule has 0 radical (unpaired) electrons. The molecule has 4 nitrogen and oxygen atoms in total. The number of pyridine rings is 1. The van der Waals surface area contributed by atoms with E-state index < -0.39 is 17.8 Å². The number of benzene rings is 1. The Bertz CT molecular complexity index is 1010. The van der Waals surface area contributed by atoms with Gasteiger partial charge in [-0.15, -0.1) is 0 Å². The Labute approximate surface area is 140 Å². The summed E-state index contributed by atoms with van der Waals surface area (Å²) in [5, 5.41) is 3.11. The van der Waals surface area contributed by atoms with Crippen molar-refractivity contribution in [3.8, 4) is 11.1 Å². The predicted molar refractivity (Wildman–Crippen MR) is 88.5 cm³/mol. The van der Waals surface area contributed by atoms with Gasteiger partial charge in [0.25, 0.3) is 12.0 Å². The van der Waals surface area contributed by atoms with Crippen LogP contribution in [0.25, 0.3) is 16.6 Å². The molecule has 2 aromatic heterocycles. The lowest BCUT2D eigenvalue weighted by Crippen LogP contribution is -2.19. The van der Waals surface area contributed by atoms with E-state index in [0.29, 0.717) is 0 Å². The van der Waals surface area contributed by atoms with Gasteiger partial charge >= 0.3 is 0 Å². The van der Waals surface area contributed by atoms with Crippen molar-refractivity contribution in [3.63, 3.8) is 0 Å². The summed E-state index contributed by atoms with van der Waals surface area (Å²) >= 11 is 0. The minimum atomic E-state index is -2.69. The second kappa shape index (κ2) is 5.91. The molecule has 0 saturated heterocycles. The average Bonchev–Trinajstić information content (AvgIpc) is 3.40. The van der Waals surface area contributed by atoms with Crippen molar-refractivity contribution in [1.82, 2.24) is 9.38 Å². The Hall–Kier alpha value is -2.83. The Morgan fingerprint density at radius 1 is 1.20 bits per heavy atom. The molecule has 0 amide bonds. The second-order valence-electron chi connectivity index (χ2n) is 6.03. The van der Waals surface area contributed by atoms with Gasteiger partial charge in [0.05, 0.1) is 11.1 Å². The lowest BCUT2D eigenvalue weighted by atomic mass is 10.0. The quantitative estimate of drug-likeness (QED) is 0.777. The van der Waals surface area contributed by atoms with Crippen LogP contribution >= 0.6 is 0 Å². The molecule has 4 rings (SSSR count). The number of fused-ring (bicyclic) bond motifs is 1. The molecular weight excluding hydrogens is 331 g/mol. The maximum Gasteiger partial charge on any atom is 0.283 e. The van der Waals surface area contributed by atoms with Crippen molar-refractivity contribution in [1.29, 1.82) is 0 Å². The molecule has 1 saturated carbocycles. The SMILES string of the molecule is O=c1nc(NC2CC2)n2ccc(C(F)F)cc2c1-c1ccccc1F. The summed E-state index contributed by atoms with van der Waals surface area (Å²) in [5.41, 5.74) is -0.671. The fourth-order valence-electron chi connectivity index (χ4n) is 2.77. The molecule has 3 aromatic rings. The topological polar surface area (TPSA) is 46.4 Å². The summed E-state index contributed by atoms with van der Waals surface area (Å²) in [6.45, 7) is 0. The Morgan fingerprint density at radius 3 is 2.64 bits per heavy atom. The van der Waals surface area contributed by atoms with Gasteiger partial charge in [-0.05, 0) is 31.0 Å². The van der Waals surface area contributed by atoms with Gasteiger partial charge in [0.15, 0.2) is 0 Å². The van der Waals surface area contributed by atoms with Crippen LogP contribution < -0.4 is 10.9 Å². The first-order chi connectivity index (χ1) is 12.0. The molecular formula is C18H14F3N3O. The number of aromatic nitrogens is 2. The number of hydrogen-bond acceptors (Lipinski definition) is 3. The van der Waals surface area contributed by atoms with Gasteiger partial charge < -0.3 is 5.32 Å². The first kappa shape index (κ1) is 15.7. The smallest absolute Gasteiger partial charge is 0.283 e. The number of nitrogens with one attached hydrogen (secondary N) is 1. The number of halogens is 3. The third kappa shape index (κ3) is 2.86. The fraction of sp³-hybridized carbons (Fsp3) is 0.222. The Balaban J connectivity index is 2.03. The van der Waals surface area contributed by atoms with E-state index in [1.807, 2.05) is 0 Å². The van der Waals surface area contributed by atoms with Gasteiger partial charge in [0.2, 0.25) is 5.95 Å². The van der Waals surface area contributed by atoms with Crippen molar-refractivity contribution in [3.05, 3.63) is 64.3 Å². The molecule has 2 heterocycles. The van der Waals surface area contributed by atoms with Crippen molar-refractivity contribution in [2.75, 3.05) is 5.32 Å². The van der Waals surface area contributed by atoms with Crippen LogP contribution in [0.4, 0.5) is 19.1 Å². The summed E-state index contributed by atoms with van der Waals surface area (Å²) in [6.07, 6.45) is 0.657. The minimum absolute atomic E-state index is 0.0260. The van der Waals surface area contributed by atoms with Crippen LogP contribution in [0.2, 0.25) is 0 Å². The molecule has 1 N–H and O–H groups in total. The molecule has 25 heavy (non-hydrogen) atoms. The Morgan fingerprint density at radius 2 is 1.96 bits per heavy atom. The van der Waals surface area contributed by atoms with Crippen LogP contribution in [0.1, 0.15) is 24.8 Å². The van der Waals surface area contributed by atoms with Gasteiger partial charge in [-0.1, -0.05) is 18.2 Å². The van der Waals surface area contributed by atoms with Crippen molar-refractivity contribution in [2.45, 2.75) is 25.3 Å². The molecule has 0 spiro atoms. The molecule has 128 valence electrons. The molecule has 0 unspecified atom stereocenters. The van der Waals surface area contributed by atoms with E-state index in [2.05, 4.69) is 10.3 Å². The van der Waals surface area contributed by atoms with Crippen molar-refractivity contribution < 1.29 is 13.2 Å². The van der Waals surface area contributed by atoms with Crippen LogP contribution in [0.5, 0.6) is 0 Å². The zero-order valence-electron chi connectivity index (χ0n) is 13.0. The number of anilines is 1. The zero-order chi connectivity index (χ0) is 17.6. The molecule has 1 fully saturated rings. The van der Waals surface area contributed by atoms with E-state index in [4.69, 9.17) is 0 Å². The number of alkyl halides is 2. The van der Waals surface area contributed by atoms with Gasteiger partial charge in [0.1, 0.15) is 5.82 Å². The van der Waals surface area contributed by atoms with E-state index >= 15 is 0 Å². The van der Waals surface area contributed by atoms with Crippen LogP contribution in [0.3, 0.4) is 0 Å². The zero-order valence-corrected chi connectivity index (χ0v) is 13.0. The maximum atomic E-state index is 14.2. The van der Waals surface area contributed by atoms with Gasteiger partial charge in [-0.3, -0.25) is 9.20 Å². The highest BCUT2D eigenvalue weighted by Gasteiger charge is 2.24. The van der Waals surface area contributed by atoms with Crippen molar-refractivity contribution >= 4 is 11.5 Å². The summed E-state index contributed by atoms with van der Waals surface area (Å²) in [6, 6.07) is 8.45. The summed E-state index contributed by atoms with van der Waals surface area (Å²) in [5.74, 6) is -0.322. The second-order valence-corrected chi connectivity index (χ2v) is 6.03. The standard InChI is InChI=1S/C18H14F3N3O/c19-13-4-2-1-3-12(13)15-14-9-10(16(20)21)7-8-24(14)18(23-17(15)25)22-11-5-6-11/h1-4,7-9,11,16H,5-6H2,(H,22,23,25). The van der Waals surface area contributed by atoms with Crippen LogP contribution in [-0.2, 0) is 0 Å². The normalized spacial score (nSPS) is 14.2. The van der Waals surface area contributed by atoms with Crippen LogP contribution in [-0.4, -0.2) is 15.4 Å². The molecule has 1 aliphatic rings. The van der Waals surface area contributed by atoms with Crippen LogP contribution in [0.15, 0.2) is 47.4 Å². The number of rotatable bonds is 4. The molecule has 0 bridgehead atoms. The van der Waals surface area contributed by atoms with Crippen molar-refractivity contribution in [2.24, 2.45) is 0 Å². The lowest BCUT2D eigenvalue weighted by molar-refractivity contribution is 0.151. The van der Waals surface area contributed by atoms with E-state index in [0.717, 1.165) is 12.8 Å². The highest BCUT2D eigenvalue weighted by molar-refractivity contribution is 5.81. The minimum Gasteiger partial charge on any atom is -0.353 e. The molecule has 0 atom stereocenters. The van der Waals surface area contributed by atoms with E-state index in [9.17, 15) is 18.0 Å². The molecule has 0 aliphatic heterocycles. The average molecular weight is 345 g/mol. The van der Waals surface area contributed by atoms with Crippen LogP contribution in [0, 0.1) is 5.82 Å². The van der Waals surface area contributed by atoms with E-state index in [-0.39, 0.29) is 34.2 Å². The largest absolute Gasteiger partial charge is 0.353 e. The third-order valence-electron chi connectivity index (χ3n) is 4.19. The summed E-state index contributed by atoms with van der Waals surface area (Å²) in [4.78, 5) is 16.6. The first-order valence-corrected chi connectivity index (χ1v) is 7.90. The highest BCUT2D eigenvalue weighted by Crippen LogP contribution is 2.30. The molecule has 1 aromatic carbocycles. The maximum absolute atomic E-state index is 14.2. The van der Waals surface area contributed by atoms with Gasteiger partial charge in [0, 0.05) is 23.4 Å². The summed E-state index contributed by atoms with van der Waals surface area (Å²) < 4.78 is 42.0. The number of hydrogen-bond donors (Lipinski definition) is 1. The van der Waals surface area contributed by atoms with Gasteiger partial charge in [-0.25, -0.2) is 13.2 Å². The first-order valence-electron chi connectivity index (χ1n) is 7.90. The molecule has 7 heteroatoms. The summed E-state index contributed by atoms with van der Waals surface area (Å²) in [7, 11) is 0. The highest BCUT2D eigenvalue weighted by atomic mass is 19.3. The monoisotopic (exact) mass is 345 g/mol. The fourth-order valence-corrected chi connectivity index (χ4v) is 2.77.